The lowest BCUT2D eigenvalue weighted by atomic mass is 9.79. The second kappa shape index (κ2) is 10.3. The van der Waals surface area contributed by atoms with E-state index >= 15 is 0 Å². The third-order valence-electron chi connectivity index (χ3n) is 6.88. The normalized spacial score (nSPS) is 15.8. The fourth-order valence-corrected chi connectivity index (χ4v) is 5.02. The zero-order valence-corrected chi connectivity index (χ0v) is 19.8. The van der Waals surface area contributed by atoms with Crippen LogP contribution in [0.4, 0.5) is 0 Å². The van der Waals surface area contributed by atoms with E-state index in [0.29, 0.717) is 12.2 Å². The topological polar surface area (TPSA) is 38.8 Å². The number of likely N-dealkylation sites (tertiary alicyclic amines) is 1. The summed E-state index contributed by atoms with van der Waals surface area (Å²) in [6.45, 7) is 4.04. The Morgan fingerprint density at radius 3 is 2.29 bits per heavy atom. The Morgan fingerprint density at radius 2 is 1.56 bits per heavy atom. The fraction of sp³-hybridized carbons (Fsp3) is 0.300. The minimum absolute atomic E-state index is 0.0816. The summed E-state index contributed by atoms with van der Waals surface area (Å²) >= 11 is 0. The quantitative estimate of drug-likeness (QED) is 0.404. The van der Waals surface area contributed by atoms with E-state index in [4.69, 9.17) is 9.47 Å². The largest absolute Gasteiger partial charge is 0.497 e. The van der Waals surface area contributed by atoms with Crippen molar-refractivity contribution in [2.75, 3.05) is 33.4 Å². The molecule has 0 aromatic heterocycles. The number of benzene rings is 3. The van der Waals surface area contributed by atoms with Crippen LogP contribution in [-0.2, 0) is 6.42 Å². The first-order valence-corrected chi connectivity index (χ1v) is 12.2. The standard InChI is InChI=1S/C30H31NO3/c1-33-25-13-10-24(11-14-25)30(32)28-17-12-22-6-2-3-7-27(22)29(28)23-8-15-26(16-9-23)34-21-20-31-18-4-5-19-31/h2-3,6-11,13-16H,4-5,12,17-21H2,1H3. The summed E-state index contributed by atoms with van der Waals surface area (Å²) in [5.74, 6) is 1.70. The third kappa shape index (κ3) is 4.78. The van der Waals surface area contributed by atoms with Crippen molar-refractivity contribution in [1.82, 2.24) is 4.90 Å². The summed E-state index contributed by atoms with van der Waals surface area (Å²) < 4.78 is 11.3. The molecular weight excluding hydrogens is 422 g/mol. The zero-order valence-electron chi connectivity index (χ0n) is 19.8. The molecule has 3 aromatic carbocycles. The molecule has 0 saturated carbocycles. The molecule has 1 heterocycles. The number of fused-ring (bicyclic) bond motifs is 1. The summed E-state index contributed by atoms with van der Waals surface area (Å²) in [7, 11) is 1.63. The van der Waals surface area contributed by atoms with Crippen LogP contribution in [0.2, 0.25) is 0 Å². The Balaban J connectivity index is 1.43. The van der Waals surface area contributed by atoms with Gasteiger partial charge in [-0.15, -0.1) is 0 Å². The van der Waals surface area contributed by atoms with Gasteiger partial charge in [-0.1, -0.05) is 36.4 Å². The van der Waals surface area contributed by atoms with E-state index < -0.39 is 0 Å². The Labute approximate surface area is 201 Å². The van der Waals surface area contributed by atoms with Crippen LogP contribution >= 0.6 is 0 Å². The SMILES string of the molecule is COc1ccc(C(=O)C2=C(c3ccc(OCCN4CCCC4)cc3)c3ccccc3CC2)cc1. The van der Waals surface area contributed by atoms with Gasteiger partial charge < -0.3 is 9.47 Å². The number of nitrogens with zero attached hydrogens (tertiary/aromatic N) is 1. The lowest BCUT2D eigenvalue weighted by Gasteiger charge is -2.24. The van der Waals surface area contributed by atoms with Crippen molar-refractivity contribution in [3.63, 3.8) is 0 Å². The van der Waals surface area contributed by atoms with Gasteiger partial charge in [-0.3, -0.25) is 9.69 Å². The summed E-state index contributed by atoms with van der Waals surface area (Å²) in [4.78, 5) is 16.1. The number of carbonyl (C=O) groups excluding carboxylic acids is 1. The maximum absolute atomic E-state index is 13.6. The van der Waals surface area contributed by atoms with Gasteiger partial charge in [0.2, 0.25) is 0 Å². The van der Waals surface area contributed by atoms with Crippen molar-refractivity contribution < 1.29 is 14.3 Å². The summed E-state index contributed by atoms with van der Waals surface area (Å²) in [5.41, 5.74) is 6.08. The average Bonchev–Trinajstić information content (AvgIpc) is 3.42. The van der Waals surface area contributed by atoms with Gasteiger partial charge in [-0.25, -0.2) is 0 Å². The lowest BCUT2D eigenvalue weighted by molar-refractivity contribution is 0.103. The number of rotatable bonds is 8. The predicted octanol–water partition coefficient (Wildman–Crippen LogP) is 5.80. The minimum Gasteiger partial charge on any atom is -0.497 e. The van der Waals surface area contributed by atoms with Crippen molar-refractivity contribution in [3.8, 4) is 11.5 Å². The molecule has 4 heteroatoms. The first-order chi connectivity index (χ1) is 16.7. The van der Waals surface area contributed by atoms with Crippen LogP contribution in [-0.4, -0.2) is 44.0 Å². The van der Waals surface area contributed by atoms with Gasteiger partial charge in [0.15, 0.2) is 5.78 Å². The lowest BCUT2D eigenvalue weighted by Crippen LogP contribution is -2.25. The average molecular weight is 454 g/mol. The van der Waals surface area contributed by atoms with E-state index in [-0.39, 0.29) is 5.78 Å². The fourth-order valence-electron chi connectivity index (χ4n) is 5.02. The number of hydrogen-bond acceptors (Lipinski definition) is 4. The Morgan fingerprint density at radius 1 is 0.853 bits per heavy atom. The molecule has 1 saturated heterocycles. The van der Waals surface area contributed by atoms with Crippen LogP contribution in [0.15, 0.2) is 78.4 Å². The molecule has 1 fully saturated rings. The van der Waals surface area contributed by atoms with E-state index in [9.17, 15) is 4.79 Å². The van der Waals surface area contributed by atoms with Gasteiger partial charge in [0.1, 0.15) is 18.1 Å². The molecule has 0 atom stereocenters. The van der Waals surface area contributed by atoms with Gasteiger partial charge in [-0.05, 0) is 97.4 Å². The molecular formula is C30H31NO3. The van der Waals surface area contributed by atoms with Gasteiger partial charge in [0.05, 0.1) is 7.11 Å². The number of hydrogen-bond donors (Lipinski definition) is 0. The van der Waals surface area contributed by atoms with Crippen molar-refractivity contribution in [1.29, 1.82) is 0 Å². The Hall–Kier alpha value is -3.37. The number of carbonyl (C=O) groups is 1. The van der Waals surface area contributed by atoms with E-state index in [1.165, 1.54) is 31.5 Å². The third-order valence-corrected chi connectivity index (χ3v) is 6.88. The molecule has 0 bridgehead atoms. The molecule has 1 aliphatic carbocycles. The molecule has 1 aliphatic heterocycles. The molecule has 34 heavy (non-hydrogen) atoms. The summed E-state index contributed by atoms with van der Waals surface area (Å²) in [5, 5.41) is 0. The molecule has 0 unspecified atom stereocenters. The van der Waals surface area contributed by atoms with Crippen molar-refractivity contribution in [2.24, 2.45) is 0 Å². The number of methoxy groups -OCH3 is 1. The van der Waals surface area contributed by atoms with Crippen LogP contribution in [0.5, 0.6) is 11.5 Å². The first-order valence-electron chi connectivity index (χ1n) is 12.2. The van der Waals surface area contributed by atoms with E-state index in [0.717, 1.165) is 53.2 Å². The highest BCUT2D eigenvalue weighted by Crippen LogP contribution is 2.38. The van der Waals surface area contributed by atoms with E-state index in [2.05, 4.69) is 41.3 Å². The predicted molar refractivity (Wildman–Crippen MR) is 136 cm³/mol. The maximum atomic E-state index is 13.6. The van der Waals surface area contributed by atoms with Crippen LogP contribution in [0.1, 0.15) is 46.3 Å². The number of aryl methyl sites for hydroxylation is 1. The smallest absolute Gasteiger partial charge is 0.189 e. The second-order valence-corrected chi connectivity index (χ2v) is 8.99. The van der Waals surface area contributed by atoms with Crippen LogP contribution in [0.3, 0.4) is 0 Å². The summed E-state index contributed by atoms with van der Waals surface area (Å²) in [6, 6.07) is 24.0. The molecule has 0 amide bonds. The first kappa shape index (κ1) is 22.4. The number of Topliss-reactive ketones (excluding diaryl/α,β-unsaturated/α-hetero) is 1. The van der Waals surface area contributed by atoms with Gasteiger partial charge >= 0.3 is 0 Å². The van der Waals surface area contributed by atoms with Crippen molar-refractivity contribution >= 4 is 11.4 Å². The van der Waals surface area contributed by atoms with Gasteiger partial charge in [0, 0.05) is 17.7 Å². The maximum Gasteiger partial charge on any atom is 0.189 e. The highest BCUT2D eigenvalue weighted by molar-refractivity contribution is 6.15. The Bertz CT molecular complexity index is 1170. The van der Waals surface area contributed by atoms with E-state index in [1.54, 1.807) is 7.11 Å². The molecule has 0 N–H and O–H groups in total. The molecule has 0 radical (unpaired) electrons. The highest BCUT2D eigenvalue weighted by Gasteiger charge is 2.25. The molecule has 0 spiro atoms. The monoisotopic (exact) mass is 453 g/mol. The molecule has 4 nitrogen and oxygen atoms in total. The van der Waals surface area contributed by atoms with Crippen LogP contribution < -0.4 is 9.47 Å². The van der Waals surface area contributed by atoms with E-state index in [1.807, 2.05) is 36.4 Å². The van der Waals surface area contributed by atoms with Crippen molar-refractivity contribution in [2.45, 2.75) is 25.7 Å². The zero-order chi connectivity index (χ0) is 23.3. The number of ketones is 1. The summed E-state index contributed by atoms with van der Waals surface area (Å²) in [6.07, 6.45) is 4.19. The molecule has 174 valence electrons. The van der Waals surface area contributed by atoms with Crippen molar-refractivity contribution in [3.05, 3.63) is 101 Å². The Kier molecular flexibility index (Phi) is 6.77. The second-order valence-electron chi connectivity index (χ2n) is 8.99. The molecule has 2 aliphatic rings. The van der Waals surface area contributed by atoms with Gasteiger partial charge in [-0.2, -0.15) is 0 Å². The molecule has 5 rings (SSSR count). The number of ether oxygens (including phenoxy) is 2. The van der Waals surface area contributed by atoms with Gasteiger partial charge in [0.25, 0.3) is 0 Å². The highest BCUT2D eigenvalue weighted by atomic mass is 16.5. The minimum atomic E-state index is 0.0816. The van der Waals surface area contributed by atoms with Crippen LogP contribution in [0.25, 0.3) is 5.57 Å². The number of allylic oxidation sites excluding steroid dienone is 1. The molecule has 3 aromatic rings. The van der Waals surface area contributed by atoms with Crippen LogP contribution in [0, 0.1) is 0 Å².